The van der Waals surface area contributed by atoms with E-state index in [1.54, 1.807) is 7.11 Å². The summed E-state index contributed by atoms with van der Waals surface area (Å²) in [4.78, 5) is 0. The van der Waals surface area contributed by atoms with Gasteiger partial charge < -0.3 is 14.5 Å². The van der Waals surface area contributed by atoms with Crippen LogP contribution in [0, 0.1) is 0 Å². The van der Waals surface area contributed by atoms with Crippen molar-refractivity contribution in [2.45, 2.75) is 6.92 Å². The Labute approximate surface area is 82.7 Å². The van der Waals surface area contributed by atoms with Crippen molar-refractivity contribution in [2.75, 3.05) is 19.0 Å². The van der Waals surface area contributed by atoms with Crippen molar-refractivity contribution in [1.29, 1.82) is 0 Å². The van der Waals surface area contributed by atoms with Crippen molar-refractivity contribution in [3.8, 4) is 5.75 Å². The first-order valence-corrected chi connectivity index (χ1v) is 4.65. The van der Waals surface area contributed by atoms with E-state index in [0.29, 0.717) is 0 Å². The molecule has 3 heteroatoms. The van der Waals surface area contributed by atoms with Gasteiger partial charge in [0.05, 0.1) is 7.11 Å². The van der Waals surface area contributed by atoms with Crippen LogP contribution < -0.4 is 10.1 Å². The van der Waals surface area contributed by atoms with Gasteiger partial charge in [-0.15, -0.1) is 0 Å². The molecule has 0 amide bonds. The van der Waals surface area contributed by atoms with Gasteiger partial charge in [0.25, 0.3) is 0 Å². The van der Waals surface area contributed by atoms with E-state index in [1.165, 1.54) is 0 Å². The van der Waals surface area contributed by atoms with E-state index in [9.17, 15) is 0 Å². The molecule has 1 aromatic heterocycles. The van der Waals surface area contributed by atoms with Gasteiger partial charge in [0, 0.05) is 18.0 Å². The van der Waals surface area contributed by atoms with Crippen molar-refractivity contribution in [2.24, 2.45) is 0 Å². The minimum absolute atomic E-state index is 0.802. The van der Waals surface area contributed by atoms with E-state index < -0.39 is 0 Å². The summed E-state index contributed by atoms with van der Waals surface area (Å²) in [5.74, 6) is 1.65. The molecule has 0 atom stereocenters. The van der Waals surface area contributed by atoms with Crippen molar-refractivity contribution in [3.05, 3.63) is 24.3 Å². The third kappa shape index (κ3) is 1.53. The number of benzene rings is 1. The molecule has 0 aliphatic carbocycles. The van der Waals surface area contributed by atoms with E-state index in [4.69, 9.17) is 9.15 Å². The van der Waals surface area contributed by atoms with Crippen molar-refractivity contribution < 1.29 is 9.15 Å². The number of rotatable bonds is 3. The van der Waals surface area contributed by atoms with Crippen molar-refractivity contribution in [3.63, 3.8) is 0 Å². The minimum Gasteiger partial charge on any atom is -0.497 e. The van der Waals surface area contributed by atoms with E-state index in [1.807, 2.05) is 31.2 Å². The van der Waals surface area contributed by atoms with Crippen LogP contribution in [0.5, 0.6) is 5.75 Å². The Morgan fingerprint density at radius 2 is 2.21 bits per heavy atom. The van der Waals surface area contributed by atoms with Gasteiger partial charge in [-0.05, 0) is 25.1 Å². The molecule has 2 rings (SSSR count). The topological polar surface area (TPSA) is 34.4 Å². The molecule has 0 bridgehead atoms. The third-order valence-corrected chi connectivity index (χ3v) is 2.07. The SMILES string of the molecule is CCNc1cc2cc(OC)ccc2o1. The van der Waals surface area contributed by atoms with Gasteiger partial charge in [-0.25, -0.2) is 0 Å². The normalized spacial score (nSPS) is 10.4. The highest BCUT2D eigenvalue weighted by molar-refractivity contribution is 5.82. The summed E-state index contributed by atoms with van der Waals surface area (Å²) in [6.07, 6.45) is 0. The van der Waals surface area contributed by atoms with E-state index >= 15 is 0 Å². The summed E-state index contributed by atoms with van der Waals surface area (Å²) in [5, 5.41) is 4.18. The Hall–Kier alpha value is -1.64. The Morgan fingerprint density at radius 3 is 2.93 bits per heavy atom. The quantitative estimate of drug-likeness (QED) is 0.810. The molecule has 1 N–H and O–H groups in total. The molecule has 1 heterocycles. The van der Waals surface area contributed by atoms with Crippen LogP contribution in [0.2, 0.25) is 0 Å². The zero-order valence-corrected chi connectivity index (χ0v) is 8.33. The molecule has 0 saturated heterocycles. The van der Waals surface area contributed by atoms with Crippen LogP contribution in [0.25, 0.3) is 11.0 Å². The van der Waals surface area contributed by atoms with Gasteiger partial charge in [-0.2, -0.15) is 0 Å². The molecule has 3 nitrogen and oxygen atoms in total. The summed E-state index contributed by atoms with van der Waals surface area (Å²) in [5.41, 5.74) is 0.877. The molecule has 0 fully saturated rings. The van der Waals surface area contributed by atoms with Gasteiger partial charge >= 0.3 is 0 Å². The fourth-order valence-corrected chi connectivity index (χ4v) is 1.41. The minimum atomic E-state index is 0.802. The average Bonchev–Trinajstić information content (AvgIpc) is 2.59. The zero-order chi connectivity index (χ0) is 9.97. The van der Waals surface area contributed by atoms with E-state index in [0.717, 1.165) is 29.1 Å². The van der Waals surface area contributed by atoms with Crippen LogP contribution in [-0.2, 0) is 0 Å². The Kier molecular flexibility index (Phi) is 2.31. The lowest BCUT2D eigenvalue weighted by Crippen LogP contribution is -1.93. The molecule has 0 spiro atoms. The Bertz CT molecular complexity index is 434. The fraction of sp³-hybridized carbons (Fsp3) is 0.273. The lowest BCUT2D eigenvalue weighted by molar-refractivity contribution is 0.415. The van der Waals surface area contributed by atoms with Gasteiger partial charge in [0.2, 0.25) is 0 Å². The number of hydrogen-bond acceptors (Lipinski definition) is 3. The van der Waals surface area contributed by atoms with Crippen LogP contribution in [0.15, 0.2) is 28.7 Å². The molecular weight excluding hydrogens is 178 g/mol. The largest absolute Gasteiger partial charge is 0.497 e. The van der Waals surface area contributed by atoms with E-state index in [2.05, 4.69) is 5.32 Å². The summed E-state index contributed by atoms with van der Waals surface area (Å²) in [6, 6.07) is 7.73. The predicted molar refractivity (Wildman–Crippen MR) is 56.9 cm³/mol. The molecule has 2 aromatic rings. The maximum Gasteiger partial charge on any atom is 0.194 e. The molecular formula is C11H13NO2. The van der Waals surface area contributed by atoms with Crippen LogP contribution >= 0.6 is 0 Å². The second-order valence-corrected chi connectivity index (χ2v) is 3.04. The number of nitrogens with one attached hydrogen (secondary N) is 1. The van der Waals surface area contributed by atoms with Gasteiger partial charge in [0.1, 0.15) is 11.3 Å². The zero-order valence-electron chi connectivity index (χ0n) is 8.33. The molecule has 1 aromatic carbocycles. The molecule has 0 aliphatic rings. The fourth-order valence-electron chi connectivity index (χ4n) is 1.41. The number of ether oxygens (including phenoxy) is 1. The Morgan fingerprint density at radius 1 is 1.36 bits per heavy atom. The number of furan rings is 1. The molecule has 74 valence electrons. The summed E-state index contributed by atoms with van der Waals surface area (Å²) >= 11 is 0. The molecule has 0 unspecified atom stereocenters. The Balaban J connectivity index is 2.43. The summed E-state index contributed by atoms with van der Waals surface area (Å²) < 4.78 is 10.7. The molecule has 0 saturated carbocycles. The van der Waals surface area contributed by atoms with E-state index in [-0.39, 0.29) is 0 Å². The maximum atomic E-state index is 5.54. The second kappa shape index (κ2) is 3.62. The highest BCUT2D eigenvalue weighted by Gasteiger charge is 2.03. The van der Waals surface area contributed by atoms with Crippen LogP contribution in [0.3, 0.4) is 0 Å². The molecule has 0 aliphatic heterocycles. The third-order valence-electron chi connectivity index (χ3n) is 2.07. The standard InChI is InChI=1S/C11H13NO2/c1-3-12-11-7-8-6-9(13-2)4-5-10(8)14-11/h4-7,12H,3H2,1-2H3. The van der Waals surface area contributed by atoms with Crippen LogP contribution in [0.1, 0.15) is 6.92 Å². The smallest absolute Gasteiger partial charge is 0.194 e. The van der Waals surface area contributed by atoms with Crippen LogP contribution in [0.4, 0.5) is 5.88 Å². The van der Waals surface area contributed by atoms with Crippen molar-refractivity contribution >= 4 is 16.9 Å². The summed E-state index contributed by atoms with van der Waals surface area (Å²) in [6.45, 7) is 2.89. The highest BCUT2D eigenvalue weighted by atomic mass is 16.5. The first kappa shape index (κ1) is 8.94. The van der Waals surface area contributed by atoms with Gasteiger partial charge in [-0.1, -0.05) is 0 Å². The number of methoxy groups -OCH3 is 1. The maximum absolute atomic E-state index is 5.54. The van der Waals surface area contributed by atoms with Crippen LogP contribution in [-0.4, -0.2) is 13.7 Å². The first-order valence-electron chi connectivity index (χ1n) is 4.65. The van der Waals surface area contributed by atoms with Gasteiger partial charge in [-0.3, -0.25) is 0 Å². The monoisotopic (exact) mass is 191 g/mol. The number of hydrogen-bond donors (Lipinski definition) is 1. The average molecular weight is 191 g/mol. The summed E-state index contributed by atoms with van der Waals surface area (Å²) in [7, 11) is 1.66. The number of fused-ring (bicyclic) bond motifs is 1. The predicted octanol–water partition coefficient (Wildman–Crippen LogP) is 2.87. The van der Waals surface area contributed by atoms with Gasteiger partial charge in [0.15, 0.2) is 5.88 Å². The molecule has 14 heavy (non-hydrogen) atoms. The molecule has 0 radical (unpaired) electrons. The number of anilines is 1. The second-order valence-electron chi connectivity index (χ2n) is 3.04. The van der Waals surface area contributed by atoms with Crippen molar-refractivity contribution in [1.82, 2.24) is 0 Å². The first-order chi connectivity index (χ1) is 6.83. The lowest BCUT2D eigenvalue weighted by Gasteiger charge is -1.96. The lowest BCUT2D eigenvalue weighted by atomic mass is 10.2. The highest BCUT2D eigenvalue weighted by Crippen LogP contribution is 2.26.